The second-order valence-electron chi connectivity index (χ2n) is 6.08. The van der Waals surface area contributed by atoms with Crippen LogP contribution in [0.25, 0.3) is 0 Å². The second-order valence-corrected chi connectivity index (χ2v) is 6.08. The van der Waals surface area contributed by atoms with Crippen LogP contribution in [0.4, 0.5) is 0 Å². The van der Waals surface area contributed by atoms with Crippen molar-refractivity contribution in [3.63, 3.8) is 0 Å². The SMILES string of the molecule is CCCCCCCCCCCCCCNCC(=O)OCCN. The molecule has 0 radical (unpaired) electrons. The predicted octanol–water partition coefficient (Wildman–Crippen LogP) is 3.78. The van der Waals surface area contributed by atoms with Gasteiger partial charge in [-0.3, -0.25) is 4.79 Å². The van der Waals surface area contributed by atoms with Crippen molar-refractivity contribution in [1.82, 2.24) is 5.32 Å². The minimum absolute atomic E-state index is 0.204. The third-order valence-electron chi connectivity index (χ3n) is 3.86. The Morgan fingerprint density at radius 2 is 1.36 bits per heavy atom. The van der Waals surface area contributed by atoms with E-state index in [4.69, 9.17) is 10.5 Å². The van der Waals surface area contributed by atoms with Crippen LogP contribution in [0.5, 0.6) is 0 Å². The van der Waals surface area contributed by atoms with Gasteiger partial charge in [0.25, 0.3) is 0 Å². The first-order valence-electron chi connectivity index (χ1n) is 9.37. The molecule has 0 aromatic heterocycles. The largest absolute Gasteiger partial charge is 0.463 e. The van der Waals surface area contributed by atoms with Crippen molar-refractivity contribution < 1.29 is 9.53 Å². The van der Waals surface area contributed by atoms with Gasteiger partial charge in [0, 0.05) is 6.54 Å². The zero-order valence-corrected chi connectivity index (χ0v) is 14.7. The highest BCUT2D eigenvalue weighted by atomic mass is 16.5. The van der Waals surface area contributed by atoms with Crippen LogP contribution in [0, 0.1) is 0 Å². The molecule has 0 saturated carbocycles. The fraction of sp³-hybridized carbons (Fsp3) is 0.944. The van der Waals surface area contributed by atoms with Crippen molar-refractivity contribution in [2.75, 3.05) is 26.2 Å². The van der Waals surface area contributed by atoms with E-state index in [9.17, 15) is 4.79 Å². The van der Waals surface area contributed by atoms with Gasteiger partial charge in [-0.05, 0) is 13.0 Å². The summed E-state index contributed by atoms with van der Waals surface area (Å²) in [5.41, 5.74) is 5.26. The average Bonchev–Trinajstić information content (AvgIpc) is 2.53. The molecule has 132 valence electrons. The maximum absolute atomic E-state index is 11.2. The summed E-state index contributed by atoms with van der Waals surface area (Å²) in [5.74, 6) is -0.204. The fourth-order valence-corrected chi connectivity index (χ4v) is 2.51. The Bertz CT molecular complexity index is 235. The molecule has 0 spiro atoms. The molecule has 0 heterocycles. The van der Waals surface area contributed by atoms with Crippen molar-refractivity contribution in [2.24, 2.45) is 5.73 Å². The number of esters is 1. The summed E-state index contributed by atoms with van der Waals surface area (Å²) in [6, 6.07) is 0. The number of hydrogen-bond donors (Lipinski definition) is 2. The predicted molar refractivity (Wildman–Crippen MR) is 94.0 cm³/mol. The summed E-state index contributed by atoms with van der Waals surface area (Å²) in [6.45, 7) is 4.18. The molecule has 0 aliphatic heterocycles. The standard InChI is InChI=1S/C18H38N2O2/c1-2-3-4-5-6-7-8-9-10-11-12-13-15-20-17-18(21)22-16-14-19/h20H,2-17,19H2,1H3. The number of carbonyl (C=O) groups excluding carboxylic acids is 1. The van der Waals surface area contributed by atoms with E-state index in [0.29, 0.717) is 19.7 Å². The van der Waals surface area contributed by atoms with Gasteiger partial charge in [-0.2, -0.15) is 0 Å². The second kappa shape index (κ2) is 18.4. The van der Waals surface area contributed by atoms with Crippen LogP contribution in [0.1, 0.15) is 84.0 Å². The van der Waals surface area contributed by atoms with Crippen LogP contribution in [0.3, 0.4) is 0 Å². The maximum atomic E-state index is 11.2. The lowest BCUT2D eigenvalue weighted by Gasteiger charge is -2.05. The number of carbonyl (C=O) groups is 1. The molecule has 4 heteroatoms. The van der Waals surface area contributed by atoms with Crippen LogP contribution in [0.2, 0.25) is 0 Å². The molecule has 0 aromatic carbocycles. The first-order chi connectivity index (χ1) is 10.8. The molecule has 0 aliphatic carbocycles. The van der Waals surface area contributed by atoms with Crippen LogP contribution >= 0.6 is 0 Å². The summed E-state index contributed by atoms with van der Waals surface area (Å²) in [4.78, 5) is 11.2. The molecule has 0 atom stereocenters. The van der Waals surface area contributed by atoms with Crippen molar-refractivity contribution in [3.8, 4) is 0 Å². The van der Waals surface area contributed by atoms with Gasteiger partial charge in [-0.1, -0.05) is 77.6 Å². The molecule has 0 unspecified atom stereocenters. The normalized spacial score (nSPS) is 10.8. The highest BCUT2D eigenvalue weighted by molar-refractivity contribution is 5.71. The lowest BCUT2D eigenvalue weighted by Crippen LogP contribution is -2.27. The zero-order valence-electron chi connectivity index (χ0n) is 14.7. The number of hydrogen-bond acceptors (Lipinski definition) is 4. The molecule has 3 N–H and O–H groups in total. The van der Waals surface area contributed by atoms with Gasteiger partial charge in [0.1, 0.15) is 6.61 Å². The monoisotopic (exact) mass is 314 g/mol. The lowest BCUT2D eigenvalue weighted by atomic mass is 10.1. The van der Waals surface area contributed by atoms with Crippen LogP contribution in [-0.2, 0) is 9.53 Å². The van der Waals surface area contributed by atoms with E-state index in [2.05, 4.69) is 12.2 Å². The molecule has 0 aromatic rings. The Hall–Kier alpha value is -0.610. The smallest absolute Gasteiger partial charge is 0.319 e. The lowest BCUT2D eigenvalue weighted by molar-refractivity contribution is -0.142. The van der Waals surface area contributed by atoms with Gasteiger partial charge in [0.2, 0.25) is 0 Å². The number of rotatable bonds is 17. The van der Waals surface area contributed by atoms with E-state index in [1.54, 1.807) is 0 Å². The molecular weight excluding hydrogens is 276 g/mol. The van der Waals surface area contributed by atoms with Crippen molar-refractivity contribution in [3.05, 3.63) is 0 Å². The summed E-state index contributed by atoms with van der Waals surface area (Å²) in [7, 11) is 0. The summed E-state index contributed by atoms with van der Waals surface area (Å²) in [6.07, 6.45) is 16.3. The average molecular weight is 315 g/mol. The Morgan fingerprint density at radius 3 is 1.86 bits per heavy atom. The van der Waals surface area contributed by atoms with E-state index < -0.39 is 0 Å². The van der Waals surface area contributed by atoms with Crippen molar-refractivity contribution in [2.45, 2.75) is 84.0 Å². The number of ether oxygens (including phenoxy) is 1. The molecule has 4 nitrogen and oxygen atoms in total. The molecule has 0 saturated heterocycles. The summed E-state index contributed by atoms with van der Waals surface area (Å²) < 4.78 is 4.88. The van der Waals surface area contributed by atoms with Gasteiger partial charge in [0.15, 0.2) is 0 Å². The van der Waals surface area contributed by atoms with E-state index >= 15 is 0 Å². The topological polar surface area (TPSA) is 64.3 Å². The number of nitrogens with one attached hydrogen (secondary N) is 1. The zero-order chi connectivity index (χ0) is 16.3. The minimum Gasteiger partial charge on any atom is -0.463 e. The fourth-order valence-electron chi connectivity index (χ4n) is 2.51. The van der Waals surface area contributed by atoms with Gasteiger partial charge in [-0.25, -0.2) is 0 Å². The quantitative estimate of drug-likeness (QED) is 0.317. The van der Waals surface area contributed by atoms with Gasteiger partial charge in [0.05, 0.1) is 6.54 Å². The highest BCUT2D eigenvalue weighted by Crippen LogP contribution is 2.11. The Labute approximate surface area is 137 Å². The number of unbranched alkanes of at least 4 members (excludes halogenated alkanes) is 11. The van der Waals surface area contributed by atoms with Crippen LogP contribution in [0.15, 0.2) is 0 Å². The van der Waals surface area contributed by atoms with Crippen molar-refractivity contribution in [1.29, 1.82) is 0 Å². The first kappa shape index (κ1) is 21.4. The molecule has 0 aliphatic rings. The van der Waals surface area contributed by atoms with Crippen LogP contribution < -0.4 is 11.1 Å². The molecule has 22 heavy (non-hydrogen) atoms. The Morgan fingerprint density at radius 1 is 0.864 bits per heavy atom. The van der Waals surface area contributed by atoms with E-state index in [-0.39, 0.29) is 5.97 Å². The molecule has 0 rings (SSSR count). The van der Waals surface area contributed by atoms with E-state index in [0.717, 1.165) is 13.0 Å². The van der Waals surface area contributed by atoms with E-state index in [1.807, 2.05) is 0 Å². The van der Waals surface area contributed by atoms with Crippen LogP contribution in [-0.4, -0.2) is 32.2 Å². The third-order valence-corrected chi connectivity index (χ3v) is 3.86. The Balaban J connectivity index is 3.04. The summed E-state index contributed by atoms with van der Waals surface area (Å²) in [5, 5.41) is 3.11. The van der Waals surface area contributed by atoms with Gasteiger partial charge >= 0.3 is 5.97 Å². The summed E-state index contributed by atoms with van der Waals surface area (Å²) >= 11 is 0. The molecule has 0 bridgehead atoms. The van der Waals surface area contributed by atoms with Gasteiger partial charge in [-0.15, -0.1) is 0 Å². The highest BCUT2D eigenvalue weighted by Gasteiger charge is 2.00. The Kier molecular flexibility index (Phi) is 17.9. The number of nitrogens with two attached hydrogens (primary N) is 1. The molecule has 0 amide bonds. The maximum Gasteiger partial charge on any atom is 0.319 e. The van der Waals surface area contributed by atoms with E-state index in [1.165, 1.54) is 70.6 Å². The van der Waals surface area contributed by atoms with Gasteiger partial charge < -0.3 is 15.8 Å². The molecular formula is C18H38N2O2. The minimum atomic E-state index is -0.204. The first-order valence-corrected chi connectivity index (χ1v) is 9.37. The molecule has 0 fully saturated rings. The third kappa shape index (κ3) is 17.4. The van der Waals surface area contributed by atoms with Crippen molar-refractivity contribution >= 4 is 5.97 Å².